The van der Waals surface area contributed by atoms with Crippen LogP contribution in [-0.4, -0.2) is 25.4 Å². The third kappa shape index (κ3) is 4.02. The Balaban J connectivity index is 2.66. The van der Waals surface area contributed by atoms with Crippen molar-refractivity contribution < 1.29 is 4.74 Å². The van der Waals surface area contributed by atoms with Gasteiger partial charge >= 0.3 is 0 Å². The van der Waals surface area contributed by atoms with E-state index in [0.29, 0.717) is 35.1 Å². The normalized spacial score (nSPS) is 9.06. The largest absolute Gasteiger partial charge is 0.383 e. The minimum absolute atomic E-state index is 0.321. The Labute approximate surface area is 111 Å². The van der Waals surface area contributed by atoms with Gasteiger partial charge in [0.1, 0.15) is 12.1 Å². The number of benzene rings is 1. The fourth-order valence-electron chi connectivity index (χ4n) is 1.25. The summed E-state index contributed by atoms with van der Waals surface area (Å²) in [5.74, 6) is 0. The van der Waals surface area contributed by atoms with Gasteiger partial charge in [-0.15, -0.1) is 0 Å². The Morgan fingerprint density at radius 2 is 2.06 bits per heavy atom. The van der Waals surface area contributed by atoms with Crippen LogP contribution in [0.25, 0.3) is 0 Å². The van der Waals surface area contributed by atoms with Gasteiger partial charge in [0.25, 0.3) is 0 Å². The Morgan fingerprint density at radius 3 is 2.67 bits per heavy atom. The van der Waals surface area contributed by atoms with Gasteiger partial charge in [0.05, 0.1) is 17.7 Å². The smallest absolute Gasteiger partial charge is 0.170 e. The van der Waals surface area contributed by atoms with Crippen molar-refractivity contribution >= 4 is 23.0 Å². The number of nitriles is 2. The molecule has 1 rings (SSSR count). The second kappa shape index (κ2) is 7.23. The summed E-state index contributed by atoms with van der Waals surface area (Å²) in [6.07, 6.45) is 0. The molecule has 6 heteroatoms. The SMILES string of the molecule is COCCNC(=S)Nc1ccc(C#N)c(C#N)c1. The molecule has 0 unspecified atom stereocenters. The summed E-state index contributed by atoms with van der Waals surface area (Å²) in [5.41, 5.74) is 1.34. The highest BCUT2D eigenvalue weighted by Gasteiger charge is 2.03. The van der Waals surface area contributed by atoms with Crippen molar-refractivity contribution in [3.63, 3.8) is 0 Å². The molecule has 0 saturated carbocycles. The summed E-state index contributed by atoms with van der Waals surface area (Å²) < 4.78 is 4.88. The Hall–Kier alpha value is -2.15. The summed E-state index contributed by atoms with van der Waals surface area (Å²) >= 11 is 5.06. The van der Waals surface area contributed by atoms with Crippen LogP contribution in [0.2, 0.25) is 0 Å². The van der Waals surface area contributed by atoms with Crippen LogP contribution in [0.4, 0.5) is 5.69 Å². The number of nitrogens with one attached hydrogen (secondary N) is 2. The third-order valence-electron chi connectivity index (χ3n) is 2.11. The van der Waals surface area contributed by atoms with Gasteiger partial charge in [0, 0.05) is 19.3 Å². The Bertz CT molecular complexity index is 516. The predicted octanol–water partition coefficient (Wildman–Crippen LogP) is 1.36. The zero-order valence-electron chi connectivity index (χ0n) is 9.86. The van der Waals surface area contributed by atoms with Crippen LogP contribution in [0.15, 0.2) is 18.2 Å². The summed E-state index contributed by atoms with van der Waals surface area (Å²) in [6, 6.07) is 8.79. The second-order valence-corrected chi connectivity index (χ2v) is 3.77. The summed E-state index contributed by atoms with van der Waals surface area (Å²) in [5, 5.41) is 24.0. The van der Waals surface area contributed by atoms with E-state index < -0.39 is 0 Å². The van der Waals surface area contributed by atoms with E-state index in [4.69, 9.17) is 27.5 Å². The number of rotatable bonds is 4. The molecule has 0 aliphatic carbocycles. The van der Waals surface area contributed by atoms with Gasteiger partial charge < -0.3 is 15.4 Å². The number of methoxy groups -OCH3 is 1. The topological polar surface area (TPSA) is 80.9 Å². The molecule has 0 saturated heterocycles. The molecular formula is C12H12N4OS. The highest BCUT2D eigenvalue weighted by Crippen LogP contribution is 2.14. The molecule has 0 aliphatic heterocycles. The van der Waals surface area contributed by atoms with Crippen molar-refractivity contribution in [1.82, 2.24) is 5.32 Å². The van der Waals surface area contributed by atoms with Crippen LogP contribution in [0.1, 0.15) is 11.1 Å². The molecule has 0 aromatic heterocycles. The minimum Gasteiger partial charge on any atom is -0.383 e. The number of nitrogens with zero attached hydrogens (tertiary/aromatic N) is 2. The van der Waals surface area contributed by atoms with Crippen molar-refractivity contribution in [3.8, 4) is 12.1 Å². The van der Waals surface area contributed by atoms with E-state index in [9.17, 15) is 0 Å². The second-order valence-electron chi connectivity index (χ2n) is 3.36. The standard InChI is InChI=1S/C12H12N4OS/c1-17-5-4-15-12(18)16-11-3-2-9(7-13)10(6-11)8-14/h2-3,6H,4-5H2,1H3,(H2,15,16,18). The Kier molecular flexibility index (Phi) is 5.59. The first-order valence-electron chi connectivity index (χ1n) is 5.19. The Morgan fingerprint density at radius 1 is 1.33 bits per heavy atom. The van der Waals surface area contributed by atoms with Crippen molar-refractivity contribution in [3.05, 3.63) is 29.3 Å². The molecule has 2 N–H and O–H groups in total. The molecule has 0 bridgehead atoms. The van der Waals surface area contributed by atoms with Crippen LogP contribution in [-0.2, 0) is 4.74 Å². The monoisotopic (exact) mass is 260 g/mol. The lowest BCUT2D eigenvalue weighted by Crippen LogP contribution is -2.31. The molecule has 0 spiro atoms. The lowest BCUT2D eigenvalue weighted by molar-refractivity contribution is 0.204. The van der Waals surface area contributed by atoms with Gasteiger partial charge in [-0.05, 0) is 30.4 Å². The molecule has 0 aliphatic rings. The zero-order chi connectivity index (χ0) is 13.4. The number of anilines is 1. The van der Waals surface area contributed by atoms with Gasteiger partial charge in [-0.1, -0.05) is 0 Å². The first-order valence-corrected chi connectivity index (χ1v) is 5.60. The number of ether oxygens (including phenoxy) is 1. The van der Waals surface area contributed by atoms with E-state index in [-0.39, 0.29) is 0 Å². The molecular weight excluding hydrogens is 248 g/mol. The van der Waals surface area contributed by atoms with E-state index in [1.807, 2.05) is 12.1 Å². The molecule has 0 heterocycles. The van der Waals surface area contributed by atoms with Crippen LogP contribution in [0, 0.1) is 22.7 Å². The van der Waals surface area contributed by atoms with Gasteiger partial charge in [-0.2, -0.15) is 10.5 Å². The summed E-state index contributed by atoms with van der Waals surface area (Å²) in [6.45, 7) is 1.16. The van der Waals surface area contributed by atoms with Crippen molar-refractivity contribution in [2.24, 2.45) is 0 Å². The molecule has 0 atom stereocenters. The van der Waals surface area contributed by atoms with Gasteiger partial charge in [-0.25, -0.2) is 0 Å². The fourth-order valence-corrected chi connectivity index (χ4v) is 1.47. The molecule has 5 nitrogen and oxygen atoms in total. The fraction of sp³-hybridized carbons (Fsp3) is 0.250. The number of hydrogen-bond acceptors (Lipinski definition) is 4. The van der Waals surface area contributed by atoms with Crippen LogP contribution < -0.4 is 10.6 Å². The van der Waals surface area contributed by atoms with Gasteiger partial charge in [-0.3, -0.25) is 0 Å². The van der Waals surface area contributed by atoms with E-state index in [1.54, 1.807) is 25.3 Å². The average Bonchev–Trinajstić information content (AvgIpc) is 2.39. The lowest BCUT2D eigenvalue weighted by Gasteiger charge is -2.10. The molecule has 0 fully saturated rings. The maximum Gasteiger partial charge on any atom is 0.170 e. The first-order chi connectivity index (χ1) is 8.71. The van der Waals surface area contributed by atoms with E-state index in [1.165, 1.54) is 0 Å². The van der Waals surface area contributed by atoms with Crippen molar-refractivity contribution in [2.45, 2.75) is 0 Å². The van der Waals surface area contributed by atoms with E-state index in [2.05, 4.69) is 10.6 Å². The van der Waals surface area contributed by atoms with E-state index >= 15 is 0 Å². The van der Waals surface area contributed by atoms with Gasteiger partial charge in [0.15, 0.2) is 5.11 Å². The zero-order valence-corrected chi connectivity index (χ0v) is 10.7. The van der Waals surface area contributed by atoms with Crippen LogP contribution in [0.5, 0.6) is 0 Å². The maximum atomic E-state index is 8.89. The molecule has 1 aromatic carbocycles. The number of thiocarbonyl (C=S) groups is 1. The molecule has 1 aromatic rings. The molecule has 0 amide bonds. The quantitative estimate of drug-likeness (QED) is 0.628. The molecule has 0 radical (unpaired) electrons. The highest BCUT2D eigenvalue weighted by atomic mass is 32.1. The van der Waals surface area contributed by atoms with Gasteiger partial charge in [0.2, 0.25) is 0 Å². The van der Waals surface area contributed by atoms with Crippen molar-refractivity contribution in [2.75, 3.05) is 25.6 Å². The van der Waals surface area contributed by atoms with E-state index in [0.717, 1.165) is 0 Å². The first kappa shape index (κ1) is 13.9. The maximum absolute atomic E-state index is 8.89. The minimum atomic E-state index is 0.321. The number of hydrogen-bond donors (Lipinski definition) is 2. The third-order valence-corrected chi connectivity index (χ3v) is 2.36. The predicted molar refractivity (Wildman–Crippen MR) is 72.0 cm³/mol. The summed E-state index contributed by atoms with van der Waals surface area (Å²) in [7, 11) is 1.61. The molecule has 18 heavy (non-hydrogen) atoms. The van der Waals surface area contributed by atoms with Crippen LogP contribution in [0.3, 0.4) is 0 Å². The van der Waals surface area contributed by atoms with Crippen molar-refractivity contribution in [1.29, 1.82) is 10.5 Å². The average molecular weight is 260 g/mol. The highest BCUT2D eigenvalue weighted by molar-refractivity contribution is 7.80. The summed E-state index contributed by atoms with van der Waals surface area (Å²) in [4.78, 5) is 0. The lowest BCUT2D eigenvalue weighted by atomic mass is 10.1. The molecule has 92 valence electrons. The van der Waals surface area contributed by atoms with Crippen LogP contribution >= 0.6 is 12.2 Å².